The van der Waals surface area contributed by atoms with Gasteiger partial charge in [0.2, 0.25) is 0 Å². The van der Waals surface area contributed by atoms with Crippen LogP contribution in [0.1, 0.15) is 6.92 Å². The van der Waals surface area contributed by atoms with Gasteiger partial charge in [-0.15, -0.1) is 0 Å². The van der Waals surface area contributed by atoms with E-state index in [2.05, 4.69) is 0 Å². The molecule has 1 aliphatic heterocycles. The summed E-state index contributed by atoms with van der Waals surface area (Å²) in [4.78, 5) is 4.89. The van der Waals surface area contributed by atoms with Crippen molar-refractivity contribution in [3.05, 3.63) is 0 Å². The van der Waals surface area contributed by atoms with E-state index in [1.807, 2.05) is 14.0 Å². The fraction of sp³-hybridized carbons (Fsp3) is 1.00. The van der Waals surface area contributed by atoms with Crippen molar-refractivity contribution in [3.63, 3.8) is 0 Å². The molecule has 3 heteroatoms. The maximum absolute atomic E-state index is 5.05. The van der Waals surface area contributed by atoms with Crippen LogP contribution in [0.25, 0.3) is 0 Å². The molecule has 0 saturated carbocycles. The minimum atomic E-state index is -0.130. The third-order valence-electron chi connectivity index (χ3n) is 1.50. The molecule has 1 heterocycles. The van der Waals surface area contributed by atoms with E-state index in [9.17, 15) is 0 Å². The average Bonchev–Trinajstić information content (AvgIpc) is 2.47. The number of nitrogens with zero attached hydrogens (tertiary/aromatic N) is 1. The highest BCUT2D eigenvalue weighted by molar-refractivity contribution is 4.80. The highest BCUT2D eigenvalue weighted by Gasteiger charge is 2.44. The Morgan fingerprint density at radius 3 is 2.38 bits per heavy atom. The van der Waals surface area contributed by atoms with Crippen LogP contribution in [0.2, 0.25) is 0 Å². The lowest BCUT2D eigenvalue weighted by Crippen LogP contribution is -2.30. The van der Waals surface area contributed by atoms with Crippen LogP contribution in [0.3, 0.4) is 0 Å². The monoisotopic (exact) mass is 117 g/mol. The summed E-state index contributed by atoms with van der Waals surface area (Å²) in [6, 6.07) is 0. The lowest BCUT2D eigenvalue weighted by molar-refractivity contribution is -0.173. The van der Waals surface area contributed by atoms with Gasteiger partial charge in [-0.25, -0.2) is 0 Å². The first kappa shape index (κ1) is 6.01. The van der Waals surface area contributed by atoms with Crippen LogP contribution in [0, 0.1) is 0 Å². The molecule has 1 saturated heterocycles. The van der Waals surface area contributed by atoms with E-state index < -0.39 is 0 Å². The molecule has 0 N–H and O–H groups in total. The van der Waals surface area contributed by atoms with Crippen LogP contribution in [-0.2, 0) is 9.57 Å². The summed E-state index contributed by atoms with van der Waals surface area (Å²) in [7, 11) is 3.49. The van der Waals surface area contributed by atoms with Crippen LogP contribution in [-0.4, -0.2) is 31.6 Å². The topological polar surface area (TPSA) is 25.0 Å². The minimum absolute atomic E-state index is 0.130. The van der Waals surface area contributed by atoms with Crippen LogP contribution >= 0.6 is 0 Å². The third kappa shape index (κ3) is 0.844. The molecule has 0 aromatic carbocycles. The van der Waals surface area contributed by atoms with E-state index in [1.165, 1.54) is 0 Å². The van der Waals surface area contributed by atoms with Crippen LogP contribution < -0.4 is 0 Å². The number of ether oxygens (including phenoxy) is 1. The van der Waals surface area contributed by atoms with E-state index in [0.29, 0.717) is 0 Å². The lowest BCUT2D eigenvalue weighted by Gasteiger charge is -2.16. The van der Waals surface area contributed by atoms with Crippen molar-refractivity contribution in [1.82, 2.24) is 5.06 Å². The second-order valence-corrected chi connectivity index (χ2v) is 2.14. The second kappa shape index (κ2) is 1.69. The molecule has 1 unspecified atom stereocenters. The van der Waals surface area contributed by atoms with Crippen molar-refractivity contribution < 1.29 is 9.57 Å². The SMILES string of the molecule is CON(C)C1(C)CO1. The molecule has 0 aromatic rings. The molecule has 0 spiro atoms. The van der Waals surface area contributed by atoms with E-state index in [0.717, 1.165) is 6.61 Å². The summed E-state index contributed by atoms with van der Waals surface area (Å²) < 4.78 is 5.05. The smallest absolute Gasteiger partial charge is 0.164 e. The zero-order chi connectivity index (χ0) is 6.20. The highest BCUT2D eigenvalue weighted by Crippen LogP contribution is 2.28. The van der Waals surface area contributed by atoms with Gasteiger partial charge in [-0.2, -0.15) is 5.06 Å². The molecule has 1 rings (SSSR count). The predicted molar refractivity (Wildman–Crippen MR) is 29.1 cm³/mol. The molecule has 1 atom stereocenters. The Kier molecular flexibility index (Phi) is 1.27. The Morgan fingerprint density at radius 1 is 1.75 bits per heavy atom. The summed E-state index contributed by atoms with van der Waals surface area (Å²) in [6.45, 7) is 2.76. The second-order valence-electron chi connectivity index (χ2n) is 2.14. The first-order valence-electron chi connectivity index (χ1n) is 2.61. The van der Waals surface area contributed by atoms with Crippen molar-refractivity contribution in [3.8, 4) is 0 Å². The summed E-state index contributed by atoms with van der Waals surface area (Å²) in [5.41, 5.74) is -0.130. The first-order chi connectivity index (χ1) is 3.69. The minimum Gasteiger partial charge on any atom is -0.352 e. The van der Waals surface area contributed by atoms with Crippen molar-refractivity contribution in [1.29, 1.82) is 0 Å². The van der Waals surface area contributed by atoms with E-state index in [1.54, 1.807) is 12.2 Å². The van der Waals surface area contributed by atoms with Gasteiger partial charge in [0.25, 0.3) is 0 Å². The number of hydrogen-bond donors (Lipinski definition) is 0. The predicted octanol–water partition coefficient (Wildman–Crippen LogP) is 0.226. The molecule has 8 heavy (non-hydrogen) atoms. The summed E-state index contributed by atoms with van der Waals surface area (Å²) in [5.74, 6) is 0. The summed E-state index contributed by atoms with van der Waals surface area (Å²) >= 11 is 0. The van der Waals surface area contributed by atoms with Crippen LogP contribution in [0.4, 0.5) is 0 Å². The fourth-order valence-corrected chi connectivity index (χ4v) is 0.479. The fourth-order valence-electron chi connectivity index (χ4n) is 0.479. The molecule has 0 bridgehead atoms. The van der Waals surface area contributed by atoms with Crippen molar-refractivity contribution >= 4 is 0 Å². The van der Waals surface area contributed by atoms with E-state index >= 15 is 0 Å². The van der Waals surface area contributed by atoms with Gasteiger partial charge in [-0.05, 0) is 6.92 Å². The van der Waals surface area contributed by atoms with Gasteiger partial charge in [-0.1, -0.05) is 0 Å². The summed E-state index contributed by atoms with van der Waals surface area (Å²) in [6.07, 6.45) is 0. The zero-order valence-electron chi connectivity index (χ0n) is 5.47. The standard InChI is InChI=1S/C5H11NO2/c1-5(4-8-5)6(2)7-3/h4H2,1-3H3. The van der Waals surface area contributed by atoms with Gasteiger partial charge >= 0.3 is 0 Å². The first-order valence-corrected chi connectivity index (χ1v) is 2.61. The molecule has 3 nitrogen and oxygen atoms in total. The van der Waals surface area contributed by atoms with Crippen molar-refractivity contribution in [2.24, 2.45) is 0 Å². The third-order valence-corrected chi connectivity index (χ3v) is 1.50. The Balaban J connectivity index is 2.34. The molecule has 0 aromatic heterocycles. The molecule has 1 fully saturated rings. The van der Waals surface area contributed by atoms with Crippen LogP contribution in [0.5, 0.6) is 0 Å². The zero-order valence-corrected chi connectivity index (χ0v) is 5.47. The van der Waals surface area contributed by atoms with E-state index in [-0.39, 0.29) is 5.72 Å². The maximum Gasteiger partial charge on any atom is 0.164 e. The average molecular weight is 117 g/mol. The van der Waals surface area contributed by atoms with Gasteiger partial charge in [0.1, 0.15) is 0 Å². The Bertz CT molecular complexity index is 90.4. The van der Waals surface area contributed by atoms with E-state index in [4.69, 9.17) is 9.57 Å². The Morgan fingerprint density at radius 2 is 2.25 bits per heavy atom. The normalized spacial score (nSPS) is 36.0. The molecule has 0 aliphatic carbocycles. The number of rotatable bonds is 2. The molecule has 0 amide bonds. The molecule has 48 valence electrons. The number of likely N-dealkylation sites (N-methyl/N-ethyl adjacent to an activating group) is 1. The van der Waals surface area contributed by atoms with Crippen molar-refractivity contribution in [2.45, 2.75) is 12.6 Å². The number of hydroxylamine groups is 2. The Hall–Kier alpha value is -0.120. The van der Waals surface area contributed by atoms with Crippen molar-refractivity contribution in [2.75, 3.05) is 20.8 Å². The number of epoxide rings is 1. The lowest BCUT2D eigenvalue weighted by atomic mass is 10.4. The molecular weight excluding hydrogens is 106 g/mol. The molecule has 0 radical (unpaired) electrons. The number of hydrogen-bond acceptors (Lipinski definition) is 3. The highest BCUT2D eigenvalue weighted by atomic mass is 16.7. The Labute approximate surface area is 49.1 Å². The maximum atomic E-state index is 5.05. The summed E-state index contributed by atoms with van der Waals surface area (Å²) in [5, 5.41) is 1.70. The molecular formula is C5H11NO2. The van der Waals surface area contributed by atoms with Gasteiger partial charge < -0.3 is 4.74 Å². The molecule has 1 aliphatic rings. The van der Waals surface area contributed by atoms with Crippen LogP contribution in [0.15, 0.2) is 0 Å². The van der Waals surface area contributed by atoms with Gasteiger partial charge in [-0.3, -0.25) is 4.84 Å². The van der Waals surface area contributed by atoms with Gasteiger partial charge in [0, 0.05) is 7.05 Å². The quantitative estimate of drug-likeness (QED) is 0.382. The van der Waals surface area contributed by atoms with Gasteiger partial charge in [0.05, 0.1) is 13.7 Å². The van der Waals surface area contributed by atoms with Gasteiger partial charge in [0.15, 0.2) is 5.72 Å². The largest absolute Gasteiger partial charge is 0.352 e.